The van der Waals surface area contributed by atoms with Crippen molar-refractivity contribution in [2.45, 2.75) is 268 Å². The predicted molar refractivity (Wildman–Crippen MR) is 283 cm³/mol. The molecule has 0 aromatic carbocycles. The van der Waals surface area contributed by atoms with Crippen molar-refractivity contribution in [1.82, 2.24) is 0 Å². The van der Waals surface area contributed by atoms with E-state index in [1.54, 1.807) is 0 Å². The van der Waals surface area contributed by atoms with Gasteiger partial charge in [0.25, 0.3) is 0 Å². The molecule has 0 unspecified atom stereocenters. The lowest BCUT2D eigenvalue weighted by Crippen LogP contribution is -2.71. The van der Waals surface area contributed by atoms with E-state index in [1.165, 1.54) is 20.8 Å². The number of carboxylic acids is 2. The predicted octanol–water partition coefficient (Wildman–Crippen LogP) is -0.631. The van der Waals surface area contributed by atoms with Gasteiger partial charge in [-0.15, -0.1) is 0 Å². The minimum absolute atomic E-state index is 0.0549. The summed E-state index contributed by atoms with van der Waals surface area (Å²) in [6.45, 7) is 16.6. The van der Waals surface area contributed by atoms with Crippen molar-refractivity contribution in [1.29, 1.82) is 0 Å². The summed E-state index contributed by atoms with van der Waals surface area (Å²) in [5.74, 6) is -6.50. The van der Waals surface area contributed by atoms with Gasteiger partial charge in [-0.05, 0) is 130 Å². The molecule has 27 nitrogen and oxygen atoms in total. The molecule has 31 atom stereocenters. The Labute approximate surface area is 492 Å². The zero-order valence-corrected chi connectivity index (χ0v) is 49.8. The third-order valence-electron chi connectivity index (χ3n) is 22.6. The number of carboxylic acid groups (broad SMARTS) is 2. The number of hydrogen-bond donors (Lipinski definition) is 12. The van der Waals surface area contributed by atoms with Gasteiger partial charge < -0.3 is 109 Å². The molecule has 0 bridgehead atoms. The molecule has 4 saturated heterocycles. The minimum atomic E-state index is -2.03. The summed E-state index contributed by atoms with van der Waals surface area (Å²) in [5.41, 5.74) is -5.08. The summed E-state index contributed by atoms with van der Waals surface area (Å²) in [4.78, 5) is 67.3. The number of carbonyl (C=O) groups is 5. The van der Waals surface area contributed by atoms with Gasteiger partial charge >= 0.3 is 29.8 Å². The van der Waals surface area contributed by atoms with Crippen LogP contribution in [-0.4, -0.2) is 233 Å². The van der Waals surface area contributed by atoms with Crippen LogP contribution in [0.5, 0.6) is 0 Å². The molecule has 0 aromatic rings. The molecule has 0 aromatic heterocycles. The van der Waals surface area contributed by atoms with Gasteiger partial charge in [0.15, 0.2) is 43.3 Å². The summed E-state index contributed by atoms with van der Waals surface area (Å²) in [7, 11) is 0. The Morgan fingerprint density at radius 2 is 1.08 bits per heavy atom. The first-order valence-corrected chi connectivity index (χ1v) is 29.9. The SMILES string of the molecule is CC(=O)O[C@H]1[C@@H](OC(C)=O)[C@@H](C)O[C@@H](OC(=O)[C@]23CCC(C)(C)C[C@H]2[C@H]2CC[C@@H]4[C@@]5(C)C[C@H](O)[C@H](O[C@@H]6O[C@H](C(=O)O)[C@@H](O)[C@H](O)[C@H]6O)[C@@](C)(C(=O)O)[C@@H]5CC[C@@]4(C)[C@]2(C)CC3)[C@@H]1O[C@@H]1O[C@@H](C)[C@H](O)[C@@H](O[C@@H]2O[C@H](CO)[C@@H](O)[C@H](O)[C@H]2O)[C@H]1O. The van der Waals surface area contributed by atoms with Crippen molar-refractivity contribution < 1.29 is 133 Å². The Bertz CT molecular complexity index is 2480. The van der Waals surface area contributed by atoms with Crippen LogP contribution in [0.25, 0.3) is 0 Å². The summed E-state index contributed by atoms with van der Waals surface area (Å²) >= 11 is 0. The molecular formula is C58H90O27. The second-order valence-corrected chi connectivity index (χ2v) is 27.8. The highest BCUT2D eigenvalue weighted by Crippen LogP contribution is 2.77. The summed E-state index contributed by atoms with van der Waals surface area (Å²) in [6, 6.07) is 0. The molecule has 4 aliphatic heterocycles. The normalized spacial score (nSPS) is 52.2. The monoisotopic (exact) mass is 1220 g/mol. The smallest absolute Gasteiger partial charge is 0.335 e. The Morgan fingerprint density at radius 1 is 0.506 bits per heavy atom. The van der Waals surface area contributed by atoms with Crippen LogP contribution in [-0.2, 0) is 71.3 Å². The highest BCUT2D eigenvalue weighted by atomic mass is 16.8. The molecule has 9 aliphatic rings. The van der Waals surface area contributed by atoms with E-state index in [9.17, 15) is 80.5 Å². The lowest BCUT2D eigenvalue weighted by Gasteiger charge is -2.73. The number of carbonyl (C=O) groups excluding carboxylic acids is 3. The molecule has 5 aliphatic carbocycles. The van der Waals surface area contributed by atoms with Gasteiger partial charge in [-0.25, -0.2) is 4.79 Å². The summed E-state index contributed by atoms with van der Waals surface area (Å²) in [6.07, 6.45) is -33.2. The fourth-order valence-electron chi connectivity index (χ4n) is 17.9. The molecule has 0 radical (unpaired) electrons. The van der Waals surface area contributed by atoms with Gasteiger partial charge in [0.05, 0.1) is 35.7 Å². The third-order valence-corrected chi connectivity index (χ3v) is 22.6. The first kappa shape index (κ1) is 66.1. The minimum Gasteiger partial charge on any atom is -0.481 e. The van der Waals surface area contributed by atoms with E-state index in [4.69, 9.17) is 47.4 Å². The van der Waals surface area contributed by atoms with E-state index in [-0.39, 0.29) is 29.6 Å². The number of aliphatic carboxylic acids is 2. The van der Waals surface area contributed by atoms with Crippen LogP contribution in [0.2, 0.25) is 0 Å². The van der Waals surface area contributed by atoms with Crippen molar-refractivity contribution in [2.24, 2.45) is 56.2 Å². The lowest BCUT2D eigenvalue weighted by atomic mass is 9.31. The van der Waals surface area contributed by atoms with Crippen LogP contribution < -0.4 is 0 Å². The number of fused-ring (bicyclic) bond motifs is 7. The summed E-state index contributed by atoms with van der Waals surface area (Å²) in [5, 5.41) is 130. The Balaban J connectivity index is 1.00. The van der Waals surface area contributed by atoms with Gasteiger partial charge in [0, 0.05) is 13.8 Å². The van der Waals surface area contributed by atoms with Crippen LogP contribution in [0.15, 0.2) is 0 Å². The van der Waals surface area contributed by atoms with Gasteiger partial charge in [-0.2, -0.15) is 0 Å². The first-order valence-electron chi connectivity index (χ1n) is 29.9. The largest absolute Gasteiger partial charge is 0.481 e. The number of ether oxygens (including phenoxy) is 10. The first-order chi connectivity index (χ1) is 39.5. The quantitative estimate of drug-likeness (QED) is 0.0620. The maximum absolute atomic E-state index is 15.8. The molecular weight excluding hydrogens is 1130 g/mol. The van der Waals surface area contributed by atoms with Crippen LogP contribution in [0.3, 0.4) is 0 Å². The van der Waals surface area contributed by atoms with Gasteiger partial charge in [-0.3, -0.25) is 19.2 Å². The number of esters is 3. The van der Waals surface area contributed by atoms with Crippen molar-refractivity contribution in [3.63, 3.8) is 0 Å². The molecule has 12 N–H and O–H groups in total. The van der Waals surface area contributed by atoms with Crippen LogP contribution in [0.4, 0.5) is 0 Å². The van der Waals surface area contributed by atoms with E-state index in [2.05, 4.69) is 27.7 Å². The molecule has 9 rings (SSSR count). The molecule has 5 saturated carbocycles. The molecule has 0 spiro atoms. The number of aliphatic hydroxyl groups excluding tert-OH is 10. The van der Waals surface area contributed by atoms with E-state index in [1.807, 2.05) is 6.92 Å². The maximum atomic E-state index is 15.8. The Kier molecular flexibility index (Phi) is 18.5. The maximum Gasteiger partial charge on any atom is 0.335 e. The Hall–Kier alpha value is -3.33. The zero-order chi connectivity index (χ0) is 62.7. The molecule has 0 amide bonds. The highest BCUT2D eigenvalue weighted by Gasteiger charge is 2.74. The standard InChI is InChI=1S/C58H90O27/c1-22-32(63)41(81-47-37(68)34(65)33(64)29(21-59)80-47)39(70)49(76-22)83-44-43(79-25(4)61)40(78-24(3)60)23(2)77-50(44)85-52(75)58-17-15-53(5,6)19-27(58)26-11-12-30-54(7)20-28(62)45(84-48-38(69)35(66)36(67)42(82-48)46(71)72)57(10,51(73)74)31(54)13-14-56(30,9)55(26,8)16-18-58/h22-23,26-45,47-50,59,62-70H,11-21H2,1-10H3,(H,71,72)(H,73,74)/t22-,23+,26+,27-,28-,29+,30+,31+,32-,33+,34-,35-,36-,37+,38+,39+,40-,41+,42-,43-,44+,45-,47-,48-,49-,50-,54+,55+,56+,57-,58-/m0/s1. The van der Waals surface area contributed by atoms with Gasteiger partial charge in [0.2, 0.25) is 6.29 Å². The number of aliphatic hydroxyl groups is 10. The summed E-state index contributed by atoms with van der Waals surface area (Å²) < 4.78 is 59.9. The lowest BCUT2D eigenvalue weighted by molar-refractivity contribution is -0.380. The number of hydrogen-bond acceptors (Lipinski definition) is 25. The van der Waals surface area contributed by atoms with Crippen LogP contribution >= 0.6 is 0 Å². The van der Waals surface area contributed by atoms with E-state index >= 15 is 4.79 Å². The van der Waals surface area contributed by atoms with Crippen molar-refractivity contribution in [3.05, 3.63) is 0 Å². The van der Waals surface area contributed by atoms with E-state index in [0.29, 0.717) is 57.8 Å². The van der Waals surface area contributed by atoms with E-state index < -0.39 is 204 Å². The molecule has 484 valence electrons. The zero-order valence-electron chi connectivity index (χ0n) is 49.8. The molecule has 27 heteroatoms. The average Bonchev–Trinajstić information content (AvgIpc) is 0.683. The van der Waals surface area contributed by atoms with Crippen molar-refractivity contribution in [2.75, 3.05) is 6.61 Å². The average molecular weight is 1220 g/mol. The van der Waals surface area contributed by atoms with Gasteiger partial charge in [0.1, 0.15) is 67.1 Å². The second-order valence-electron chi connectivity index (χ2n) is 27.8. The number of rotatable bonds is 13. The van der Waals surface area contributed by atoms with E-state index in [0.717, 1.165) is 13.8 Å². The molecule has 9 fully saturated rings. The van der Waals surface area contributed by atoms with Crippen molar-refractivity contribution >= 4 is 29.8 Å². The van der Waals surface area contributed by atoms with Gasteiger partial charge in [-0.1, -0.05) is 34.6 Å². The highest BCUT2D eigenvalue weighted by molar-refractivity contribution is 5.78. The second kappa shape index (κ2) is 23.8. The van der Waals surface area contributed by atoms with Crippen LogP contribution in [0.1, 0.15) is 133 Å². The van der Waals surface area contributed by atoms with Crippen LogP contribution in [0, 0.1) is 56.2 Å². The van der Waals surface area contributed by atoms with Crippen molar-refractivity contribution in [3.8, 4) is 0 Å². The Morgan fingerprint density at radius 3 is 1.69 bits per heavy atom. The fourth-order valence-corrected chi connectivity index (χ4v) is 17.9. The molecule has 4 heterocycles. The third kappa shape index (κ3) is 11.0. The topological polar surface area (TPSA) is 420 Å². The fraction of sp³-hybridized carbons (Fsp3) is 0.914. The molecule has 85 heavy (non-hydrogen) atoms.